The van der Waals surface area contributed by atoms with Gasteiger partial charge >= 0.3 is 6.03 Å². The smallest absolute Gasteiger partial charge is 0.314 e. The Morgan fingerprint density at radius 1 is 1.15 bits per heavy atom. The van der Waals surface area contributed by atoms with Gasteiger partial charge in [0.1, 0.15) is 5.82 Å². The summed E-state index contributed by atoms with van der Waals surface area (Å²) in [7, 11) is 0. The highest BCUT2D eigenvalue weighted by molar-refractivity contribution is 5.75. The fraction of sp³-hybridized carbons (Fsp3) is 0.263. The average molecular weight is 356 g/mol. The Labute approximate surface area is 150 Å². The van der Waals surface area contributed by atoms with E-state index in [1.54, 1.807) is 18.5 Å². The minimum Gasteiger partial charge on any atom is -0.386 e. The SMILES string of the molecule is O=C(NCCCn1cnc2ccccc21)NC[C@H](O)c1ccccc1F. The van der Waals surface area contributed by atoms with E-state index in [0.29, 0.717) is 6.54 Å². The van der Waals surface area contributed by atoms with Crippen molar-refractivity contribution >= 4 is 17.1 Å². The number of nitrogens with zero attached hydrogens (tertiary/aromatic N) is 2. The first-order chi connectivity index (χ1) is 12.6. The molecule has 7 heteroatoms. The standard InChI is InChI=1S/C19H21FN4O2/c20-15-7-2-1-6-14(15)18(25)12-22-19(26)21-10-5-11-24-13-23-16-8-3-4-9-17(16)24/h1-4,6-9,13,18,25H,5,10-12H2,(H2,21,22,26)/t18-/m0/s1. The molecule has 0 aliphatic rings. The summed E-state index contributed by atoms with van der Waals surface area (Å²) in [5, 5.41) is 15.2. The van der Waals surface area contributed by atoms with Crippen LogP contribution >= 0.6 is 0 Å². The molecule has 6 nitrogen and oxygen atoms in total. The highest BCUT2D eigenvalue weighted by Crippen LogP contribution is 2.15. The van der Waals surface area contributed by atoms with Gasteiger partial charge in [-0.05, 0) is 24.6 Å². The van der Waals surface area contributed by atoms with E-state index < -0.39 is 18.0 Å². The summed E-state index contributed by atoms with van der Waals surface area (Å²) in [6, 6.07) is 13.4. The van der Waals surface area contributed by atoms with E-state index in [1.165, 1.54) is 12.1 Å². The number of aliphatic hydroxyl groups excluding tert-OH is 1. The van der Waals surface area contributed by atoms with Gasteiger partial charge in [-0.25, -0.2) is 14.2 Å². The van der Waals surface area contributed by atoms with Crippen LogP contribution in [0.3, 0.4) is 0 Å². The molecule has 3 N–H and O–H groups in total. The van der Waals surface area contributed by atoms with Crippen molar-refractivity contribution in [3.8, 4) is 0 Å². The van der Waals surface area contributed by atoms with E-state index in [-0.39, 0.29) is 12.1 Å². The molecule has 0 fully saturated rings. The number of carbonyl (C=O) groups excluding carboxylic acids is 1. The zero-order valence-corrected chi connectivity index (χ0v) is 14.2. The van der Waals surface area contributed by atoms with Gasteiger partial charge in [-0.2, -0.15) is 0 Å². The Morgan fingerprint density at radius 3 is 2.77 bits per heavy atom. The summed E-state index contributed by atoms with van der Waals surface area (Å²) in [6.07, 6.45) is 1.44. The number of para-hydroxylation sites is 2. The maximum absolute atomic E-state index is 13.6. The minimum absolute atomic E-state index is 0.0566. The molecule has 0 radical (unpaired) electrons. The van der Waals surface area contributed by atoms with E-state index in [2.05, 4.69) is 15.6 Å². The van der Waals surface area contributed by atoms with Crippen LogP contribution in [0, 0.1) is 5.82 Å². The number of aliphatic hydroxyl groups is 1. The zero-order chi connectivity index (χ0) is 18.4. The molecule has 1 heterocycles. The molecule has 0 unspecified atom stereocenters. The number of aromatic nitrogens is 2. The molecule has 0 saturated carbocycles. The van der Waals surface area contributed by atoms with E-state index >= 15 is 0 Å². The van der Waals surface area contributed by atoms with Crippen molar-refractivity contribution in [2.75, 3.05) is 13.1 Å². The number of urea groups is 1. The lowest BCUT2D eigenvalue weighted by molar-refractivity contribution is 0.169. The third-order valence-corrected chi connectivity index (χ3v) is 4.11. The van der Waals surface area contributed by atoms with Crippen molar-refractivity contribution in [3.63, 3.8) is 0 Å². The number of halogens is 1. The normalized spacial score (nSPS) is 12.1. The third-order valence-electron chi connectivity index (χ3n) is 4.11. The molecule has 3 aromatic rings. The molecule has 1 aromatic heterocycles. The Bertz CT molecular complexity index is 881. The molecule has 136 valence electrons. The van der Waals surface area contributed by atoms with Crippen LogP contribution in [0.2, 0.25) is 0 Å². The number of hydrogen-bond acceptors (Lipinski definition) is 3. The molecule has 0 saturated heterocycles. The molecular weight excluding hydrogens is 335 g/mol. The van der Waals surface area contributed by atoms with Gasteiger partial charge in [-0.1, -0.05) is 30.3 Å². The fourth-order valence-electron chi connectivity index (χ4n) is 2.75. The van der Waals surface area contributed by atoms with Gasteiger partial charge in [0.15, 0.2) is 0 Å². The predicted octanol–water partition coefficient (Wildman–Crippen LogP) is 2.60. The first-order valence-electron chi connectivity index (χ1n) is 8.49. The second-order valence-corrected chi connectivity index (χ2v) is 5.95. The summed E-state index contributed by atoms with van der Waals surface area (Å²) in [4.78, 5) is 16.1. The van der Waals surface area contributed by atoms with Crippen LogP contribution in [0.5, 0.6) is 0 Å². The number of amides is 2. The van der Waals surface area contributed by atoms with E-state index in [0.717, 1.165) is 24.0 Å². The predicted molar refractivity (Wildman–Crippen MR) is 97.1 cm³/mol. The van der Waals surface area contributed by atoms with Gasteiger partial charge < -0.3 is 20.3 Å². The monoisotopic (exact) mass is 356 g/mol. The highest BCUT2D eigenvalue weighted by Gasteiger charge is 2.13. The van der Waals surface area contributed by atoms with Crippen LogP contribution < -0.4 is 10.6 Å². The topological polar surface area (TPSA) is 79.2 Å². The molecule has 0 spiro atoms. The molecule has 3 rings (SSSR count). The first kappa shape index (κ1) is 17.9. The lowest BCUT2D eigenvalue weighted by Crippen LogP contribution is -2.38. The largest absolute Gasteiger partial charge is 0.386 e. The van der Waals surface area contributed by atoms with Crippen molar-refractivity contribution in [2.45, 2.75) is 19.1 Å². The molecule has 0 aliphatic heterocycles. The number of benzene rings is 2. The van der Waals surface area contributed by atoms with Gasteiger partial charge in [0.2, 0.25) is 0 Å². The fourth-order valence-corrected chi connectivity index (χ4v) is 2.75. The summed E-state index contributed by atoms with van der Waals surface area (Å²) in [5.41, 5.74) is 2.17. The molecule has 26 heavy (non-hydrogen) atoms. The van der Waals surface area contributed by atoms with Crippen LogP contribution in [0.25, 0.3) is 11.0 Å². The number of rotatable bonds is 7. The molecule has 1 atom stereocenters. The third kappa shape index (κ3) is 4.37. The van der Waals surface area contributed by atoms with Gasteiger partial charge in [-0.3, -0.25) is 0 Å². The Kier molecular flexibility index (Phi) is 5.80. The zero-order valence-electron chi connectivity index (χ0n) is 14.2. The van der Waals surface area contributed by atoms with Gasteiger partial charge in [0.25, 0.3) is 0 Å². The number of aryl methyl sites for hydroxylation is 1. The summed E-state index contributed by atoms with van der Waals surface area (Å²) >= 11 is 0. The number of hydrogen-bond donors (Lipinski definition) is 3. The van der Waals surface area contributed by atoms with E-state index in [1.807, 2.05) is 28.8 Å². The molecule has 0 bridgehead atoms. The van der Waals surface area contributed by atoms with Crippen molar-refractivity contribution in [1.82, 2.24) is 20.2 Å². The van der Waals surface area contributed by atoms with Crippen molar-refractivity contribution in [2.24, 2.45) is 0 Å². The highest BCUT2D eigenvalue weighted by atomic mass is 19.1. The van der Waals surface area contributed by atoms with Crippen LogP contribution in [-0.4, -0.2) is 33.8 Å². The Morgan fingerprint density at radius 2 is 1.92 bits per heavy atom. The summed E-state index contributed by atoms with van der Waals surface area (Å²) in [5.74, 6) is -0.491. The molecular formula is C19H21FN4O2. The van der Waals surface area contributed by atoms with Crippen LogP contribution in [0.1, 0.15) is 18.1 Å². The average Bonchev–Trinajstić information content (AvgIpc) is 3.07. The van der Waals surface area contributed by atoms with Crippen molar-refractivity contribution < 1.29 is 14.3 Å². The molecule has 0 aliphatic carbocycles. The second kappa shape index (κ2) is 8.44. The number of carbonyl (C=O) groups is 1. The lowest BCUT2D eigenvalue weighted by Gasteiger charge is -2.13. The second-order valence-electron chi connectivity index (χ2n) is 5.95. The summed E-state index contributed by atoms with van der Waals surface area (Å²) < 4.78 is 15.6. The Balaban J connectivity index is 1.38. The number of nitrogens with one attached hydrogen (secondary N) is 2. The number of fused-ring (bicyclic) bond motifs is 1. The summed E-state index contributed by atoms with van der Waals surface area (Å²) in [6.45, 7) is 1.16. The maximum Gasteiger partial charge on any atom is 0.314 e. The van der Waals surface area contributed by atoms with Crippen LogP contribution in [0.4, 0.5) is 9.18 Å². The van der Waals surface area contributed by atoms with Crippen molar-refractivity contribution in [3.05, 3.63) is 66.2 Å². The van der Waals surface area contributed by atoms with Crippen molar-refractivity contribution in [1.29, 1.82) is 0 Å². The Hall–Kier alpha value is -2.93. The van der Waals surface area contributed by atoms with Gasteiger partial charge in [0, 0.05) is 25.2 Å². The minimum atomic E-state index is -1.08. The maximum atomic E-state index is 13.6. The lowest BCUT2D eigenvalue weighted by atomic mass is 10.1. The van der Waals surface area contributed by atoms with Gasteiger partial charge in [0.05, 0.1) is 23.5 Å². The molecule has 2 amide bonds. The quantitative estimate of drug-likeness (QED) is 0.569. The van der Waals surface area contributed by atoms with Crippen LogP contribution in [-0.2, 0) is 6.54 Å². The molecule has 2 aromatic carbocycles. The van der Waals surface area contributed by atoms with Gasteiger partial charge in [-0.15, -0.1) is 0 Å². The first-order valence-corrected chi connectivity index (χ1v) is 8.49. The van der Waals surface area contributed by atoms with E-state index in [9.17, 15) is 14.3 Å². The number of imidazole rings is 1. The van der Waals surface area contributed by atoms with Crippen LogP contribution in [0.15, 0.2) is 54.9 Å². The van der Waals surface area contributed by atoms with E-state index in [4.69, 9.17) is 0 Å².